The molecule has 0 saturated heterocycles. The largest absolute Gasteiger partial charge is 0.268 e. The summed E-state index contributed by atoms with van der Waals surface area (Å²) in [5.74, 6) is 0. The van der Waals surface area contributed by atoms with Crippen molar-refractivity contribution in [3.63, 3.8) is 0 Å². The van der Waals surface area contributed by atoms with Gasteiger partial charge in [-0.1, -0.05) is 24.6 Å². The van der Waals surface area contributed by atoms with E-state index in [1.54, 1.807) is 10.7 Å². The lowest BCUT2D eigenvalue weighted by molar-refractivity contribution is 0.800. The normalized spacial score (nSPS) is 10.7. The van der Waals surface area contributed by atoms with Crippen LogP contribution in [0.1, 0.15) is 18.2 Å². The van der Waals surface area contributed by atoms with Crippen molar-refractivity contribution in [2.45, 2.75) is 20.3 Å². The number of rotatable bonds is 2. The van der Waals surface area contributed by atoms with Crippen molar-refractivity contribution in [2.75, 3.05) is 0 Å². The van der Waals surface area contributed by atoms with Crippen LogP contribution in [0.15, 0.2) is 29.1 Å². The molecule has 0 radical (unpaired) electrons. The highest BCUT2D eigenvalue weighted by atomic mass is 35.5. The topological polar surface area (TPSA) is 37.8 Å². The predicted octanol–water partition coefficient (Wildman–Crippen LogP) is 2.69. The summed E-state index contributed by atoms with van der Waals surface area (Å²) in [6.45, 7) is 3.95. The number of nitrogens with one attached hydrogen (secondary N) is 1. The minimum atomic E-state index is -0.0868. The lowest BCUT2D eigenvalue weighted by Gasteiger charge is -2.10. The van der Waals surface area contributed by atoms with Crippen molar-refractivity contribution in [1.29, 1.82) is 0 Å². The third kappa shape index (κ3) is 1.78. The first-order chi connectivity index (χ1) is 7.63. The van der Waals surface area contributed by atoms with Crippen LogP contribution in [-0.2, 0) is 6.42 Å². The second-order valence-corrected chi connectivity index (χ2v) is 4.09. The van der Waals surface area contributed by atoms with Crippen LogP contribution < -0.4 is 5.56 Å². The van der Waals surface area contributed by atoms with Crippen LogP contribution in [0.2, 0.25) is 5.02 Å². The van der Waals surface area contributed by atoms with Crippen molar-refractivity contribution in [3.05, 3.63) is 50.9 Å². The molecule has 2 aromatic rings. The molecule has 0 aliphatic rings. The van der Waals surface area contributed by atoms with E-state index in [-0.39, 0.29) is 5.56 Å². The molecule has 1 aromatic carbocycles. The zero-order valence-electron chi connectivity index (χ0n) is 9.25. The summed E-state index contributed by atoms with van der Waals surface area (Å²) in [6, 6.07) is 7.27. The smallest absolute Gasteiger partial charge is 0.264 e. The summed E-state index contributed by atoms with van der Waals surface area (Å²) in [5.41, 5.74) is 2.75. The lowest BCUT2D eigenvalue weighted by atomic mass is 10.2. The van der Waals surface area contributed by atoms with E-state index >= 15 is 0 Å². The third-order valence-corrected chi connectivity index (χ3v) is 3.06. The summed E-state index contributed by atoms with van der Waals surface area (Å²) >= 11 is 6.06. The number of halogens is 1. The monoisotopic (exact) mass is 236 g/mol. The number of aryl methyl sites for hydroxylation is 1. The molecule has 0 unspecified atom stereocenters. The molecule has 84 valence electrons. The van der Waals surface area contributed by atoms with Crippen LogP contribution in [-0.4, -0.2) is 9.78 Å². The number of hydrogen-bond acceptors (Lipinski definition) is 1. The summed E-state index contributed by atoms with van der Waals surface area (Å²) in [7, 11) is 0. The standard InChI is InChI=1S/C12H13ClN2O/c1-3-9-7-12(16)14-15(9)11-6-4-5-10(13)8(11)2/h4-7H,3H2,1-2H3,(H,14,16). The van der Waals surface area contributed by atoms with Gasteiger partial charge in [-0.2, -0.15) is 0 Å². The fourth-order valence-corrected chi connectivity index (χ4v) is 1.91. The van der Waals surface area contributed by atoms with Gasteiger partial charge in [-0.25, -0.2) is 0 Å². The van der Waals surface area contributed by atoms with Crippen molar-refractivity contribution >= 4 is 11.6 Å². The molecular weight excluding hydrogens is 224 g/mol. The molecule has 0 fully saturated rings. The van der Waals surface area contributed by atoms with Crippen LogP contribution >= 0.6 is 11.6 Å². The molecule has 0 bridgehead atoms. The Morgan fingerprint density at radius 1 is 1.44 bits per heavy atom. The van der Waals surface area contributed by atoms with Crippen molar-refractivity contribution < 1.29 is 0 Å². The Morgan fingerprint density at radius 2 is 2.19 bits per heavy atom. The van der Waals surface area contributed by atoms with Crippen LogP contribution in [0.5, 0.6) is 0 Å². The average molecular weight is 237 g/mol. The number of aromatic amines is 1. The number of hydrogen-bond donors (Lipinski definition) is 1. The van der Waals surface area contributed by atoms with Gasteiger partial charge in [0.2, 0.25) is 0 Å². The molecule has 0 atom stereocenters. The second-order valence-electron chi connectivity index (χ2n) is 3.68. The Morgan fingerprint density at radius 3 is 2.88 bits per heavy atom. The first kappa shape index (κ1) is 11.0. The number of nitrogens with zero attached hydrogens (tertiary/aromatic N) is 1. The van der Waals surface area contributed by atoms with E-state index in [1.165, 1.54) is 0 Å². The molecule has 0 saturated carbocycles. The minimum Gasteiger partial charge on any atom is -0.268 e. The highest BCUT2D eigenvalue weighted by Gasteiger charge is 2.08. The first-order valence-electron chi connectivity index (χ1n) is 5.20. The summed E-state index contributed by atoms with van der Waals surface area (Å²) in [6.07, 6.45) is 0.796. The number of benzene rings is 1. The van der Waals surface area contributed by atoms with Gasteiger partial charge in [-0.05, 0) is 31.0 Å². The van der Waals surface area contributed by atoms with Gasteiger partial charge in [0.15, 0.2) is 0 Å². The molecule has 0 amide bonds. The quantitative estimate of drug-likeness (QED) is 0.856. The fourth-order valence-electron chi connectivity index (χ4n) is 1.74. The Labute approximate surface area is 98.7 Å². The highest BCUT2D eigenvalue weighted by molar-refractivity contribution is 6.31. The maximum Gasteiger partial charge on any atom is 0.264 e. The van der Waals surface area contributed by atoms with Crippen molar-refractivity contribution in [3.8, 4) is 5.69 Å². The van der Waals surface area contributed by atoms with Gasteiger partial charge in [0.25, 0.3) is 5.56 Å². The third-order valence-electron chi connectivity index (χ3n) is 2.65. The molecule has 2 rings (SSSR count). The summed E-state index contributed by atoms with van der Waals surface area (Å²) in [5, 5.41) is 3.49. The predicted molar refractivity (Wildman–Crippen MR) is 65.5 cm³/mol. The summed E-state index contributed by atoms with van der Waals surface area (Å²) in [4.78, 5) is 11.3. The Balaban J connectivity index is 2.67. The molecule has 3 nitrogen and oxygen atoms in total. The van der Waals surface area contributed by atoms with Gasteiger partial charge >= 0.3 is 0 Å². The zero-order chi connectivity index (χ0) is 11.7. The maximum atomic E-state index is 11.3. The first-order valence-corrected chi connectivity index (χ1v) is 5.57. The van der Waals surface area contributed by atoms with Crippen molar-refractivity contribution in [2.24, 2.45) is 0 Å². The molecule has 16 heavy (non-hydrogen) atoms. The van der Waals surface area contributed by atoms with Crippen LogP contribution in [0.4, 0.5) is 0 Å². The van der Waals surface area contributed by atoms with Crippen LogP contribution in [0, 0.1) is 6.92 Å². The Kier molecular flexibility index (Phi) is 2.88. The molecule has 1 aromatic heterocycles. The Bertz CT molecular complexity index is 569. The zero-order valence-corrected chi connectivity index (χ0v) is 10.0. The van der Waals surface area contributed by atoms with E-state index in [0.717, 1.165) is 23.4 Å². The van der Waals surface area contributed by atoms with Gasteiger partial charge < -0.3 is 0 Å². The van der Waals surface area contributed by atoms with Gasteiger partial charge in [-0.3, -0.25) is 14.6 Å². The minimum absolute atomic E-state index is 0.0868. The highest BCUT2D eigenvalue weighted by Crippen LogP contribution is 2.22. The maximum absolute atomic E-state index is 11.3. The van der Waals surface area contributed by atoms with E-state index in [1.807, 2.05) is 32.0 Å². The van der Waals surface area contributed by atoms with E-state index in [2.05, 4.69) is 5.10 Å². The molecule has 0 aliphatic heterocycles. The van der Waals surface area contributed by atoms with E-state index in [0.29, 0.717) is 5.02 Å². The lowest BCUT2D eigenvalue weighted by Crippen LogP contribution is -2.06. The fraction of sp³-hybridized carbons (Fsp3) is 0.250. The molecular formula is C12H13ClN2O. The van der Waals surface area contributed by atoms with Gasteiger partial charge in [0.1, 0.15) is 0 Å². The van der Waals surface area contributed by atoms with E-state index < -0.39 is 0 Å². The van der Waals surface area contributed by atoms with E-state index in [9.17, 15) is 4.79 Å². The van der Waals surface area contributed by atoms with Crippen LogP contribution in [0.25, 0.3) is 5.69 Å². The Hall–Kier alpha value is -1.48. The SMILES string of the molecule is CCc1cc(=O)[nH]n1-c1cccc(Cl)c1C. The van der Waals surface area contributed by atoms with Gasteiger partial charge in [-0.15, -0.1) is 0 Å². The van der Waals surface area contributed by atoms with Gasteiger partial charge in [0, 0.05) is 16.8 Å². The van der Waals surface area contributed by atoms with Crippen molar-refractivity contribution in [1.82, 2.24) is 9.78 Å². The number of aromatic nitrogens is 2. The molecule has 4 heteroatoms. The summed E-state index contributed by atoms with van der Waals surface area (Å²) < 4.78 is 1.80. The molecule has 1 N–H and O–H groups in total. The molecule has 1 heterocycles. The second kappa shape index (κ2) is 4.18. The average Bonchev–Trinajstić information content (AvgIpc) is 2.63. The number of H-pyrrole nitrogens is 1. The molecule has 0 spiro atoms. The van der Waals surface area contributed by atoms with Crippen LogP contribution in [0.3, 0.4) is 0 Å². The molecule has 0 aliphatic carbocycles. The van der Waals surface area contributed by atoms with E-state index in [4.69, 9.17) is 11.6 Å². The van der Waals surface area contributed by atoms with Gasteiger partial charge in [0.05, 0.1) is 5.69 Å².